The normalized spacial score (nSPS) is 17.3. The first-order chi connectivity index (χ1) is 13.9. The molecule has 1 saturated carbocycles. The summed E-state index contributed by atoms with van der Waals surface area (Å²) < 4.78 is 5.09. The van der Waals surface area contributed by atoms with Crippen molar-refractivity contribution in [2.45, 2.75) is 19.8 Å². The van der Waals surface area contributed by atoms with Gasteiger partial charge in [-0.3, -0.25) is 9.59 Å². The lowest BCUT2D eigenvalue weighted by atomic mass is 10.1. The van der Waals surface area contributed by atoms with E-state index in [1.165, 1.54) is 0 Å². The van der Waals surface area contributed by atoms with Crippen molar-refractivity contribution in [3.63, 3.8) is 0 Å². The van der Waals surface area contributed by atoms with Crippen molar-refractivity contribution in [1.82, 2.24) is 5.32 Å². The molecule has 3 N–H and O–H groups in total. The van der Waals surface area contributed by atoms with Gasteiger partial charge in [-0.05, 0) is 54.7 Å². The molecule has 152 valence electrons. The standard InChI is InChI=1S/C22H24N2O5/c1-14-11-19(14)22(28)24-17-4-2-3-16(12-17)21(27)23-10-9-15-5-7-18(8-6-15)29-13-20(25)26/h2-8,12,14,19H,9-11,13H2,1H3,(H,23,27)(H,24,28)(H,25,26). The molecule has 0 saturated heterocycles. The number of benzene rings is 2. The molecule has 3 rings (SSSR count). The molecule has 0 aromatic heterocycles. The monoisotopic (exact) mass is 396 g/mol. The first-order valence-corrected chi connectivity index (χ1v) is 9.55. The van der Waals surface area contributed by atoms with Crippen molar-refractivity contribution in [1.29, 1.82) is 0 Å². The van der Waals surface area contributed by atoms with E-state index in [4.69, 9.17) is 9.84 Å². The zero-order valence-electron chi connectivity index (χ0n) is 16.2. The fourth-order valence-corrected chi connectivity index (χ4v) is 2.98. The summed E-state index contributed by atoms with van der Waals surface area (Å²) in [6, 6.07) is 14.0. The molecule has 1 aliphatic carbocycles. The second-order valence-corrected chi connectivity index (χ2v) is 7.22. The molecule has 2 amide bonds. The van der Waals surface area contributed by atoms with Crippen molar-refractivity contribution in [2.75, 3.05) is 18.5 Å². The molecule has 0 aliphatic heterocycles. The molecule has 29 heavy (non-hydrogen) atoms. The Morgan fingerprint density at radius 3 is 2.52 bits per heavy atom. The van der Waals surface area contributed by atoms with Crippen LogP contribution >= 0.6 is 0 Å². The molecule has 0 heterocycles. The Hall–Kier alpha value is -3.35. The van der Waals surface area contributed by atoms with Gasteiger partial charge in [0.25, 0.3) is 5.91 Å². The molecule has 0 bridgehead atoms. The van der Waals surface area contributed by atoms with Crippen molar-refractivity contribution in [2.24, 2.45) is 11.8 Å². The largest absolute Gasteiger partial charge is 0.482 e. The first kappa shape index (κ1) is 20.4. The number of ether oxygens (including phenoxy) is 1. The minimum absolute atomic E-state index is 0.00541. The van der Waals surface area contributed by atoms with Crippen LogP contribution in [0.5, 0.6) is 5.75 Å². The maximum Gasteiger partial charge on any atom is 0.341 e. The molecule has 0 spiro atoms. The number of carbonyl (C=O) groups excluding carboxylic acids is 2. The Balaban J connectivity index is 1.46. The van der Waals surface area contributed by atoms with E-state index >= 15 is 0 Å². The maximum atomic E-state index is 12.4. The number of hydrogen-bond acceptors (Lipinski definition) is 4. The van der Waals surface area contributed by atoms with Crippen LogP contribution in [0.1, 0.15) is 29.3 Å². The first-order valence-electron chi connectivity index (χ1n) is 9.55. The Labute approximate surface area is 169 Å². The molecular weight excluding hydrogens is 372 g/mol. The zero-order chi connectivity index (χ0) is 20.8. The number of carboxylic acids is 1. The van der Waals surface area contributed by atoms with Gasteiger partial charge in [-0.25, -0.2) is 4.79 Å². The molecule has 0 radical (unpaired) electrons. The zero-order valence-corrected chi connectivity index (χ0v) is 16.2. The Bertz CT molecular complexity index is 894. The summed E-state index contributed by atoms with van der Waals surface area (Å²) in [5.41, 5.74) is 2.11. The quantitative estimate of drug-likeness (QED) is 0.605. The number of carbonyl (C=O) groups is 3. The number of hydrogen-bond donors (Lipinski definition) is 3. The highest BCUT2D eigenvalue weighted by Crippen LogP contribution is 2.38. The van der Waals surface area contributed by atoms with E-state index in [2.05, 4.69) is 10.6 Å². The number of carboxylic acid groups (broad SMARTS) is 1. The van der Waals surface area contributed by atoms with Crippen molar-refractivity contribution in [3.05, 3.63) is 59.7 Å². The van der Waals surface area contributed by atoms with Gasteiger partial charge in [0.1, 0.15) is 5.75 Å². The highest BCUT2D eigenvalue weighted by molar-refractivity contribution is 5.98. The lowest BCUT2D eigenvalue weighted by Gasteiger charge is -2.09. The molecule has 7 heteroatoms. The summed E-state index contributed by atoms with van der Waals surface area (Å²) >= 11 is 0. The second-order valence-electron chi connectivity index (χ2n) is 7.22. The SMILES string of the molecule is CC1CC1C(=O)Nc1cccc(C(=O)NCCc2ccc(OCC(=O)O)cc2)c1. The summed E-state index contributed by atoms with van der Waals surface area (Å²) in [6.07, 6.45) is 1.54. The third-order valence-corrected chi connectivity index (χ3v) is 4.82. The van der Waals surface area contributed by atoms with E-state index < -0.39 is 5.97 Å². The maximum absolute atomic E-state index is 12.4. The van der Waals surface area contributed by atoms with Crippen LogP contribution in [-0.2, 0) is 16.0 Å². The van der Waals surface area contributed by atoms with E-state index in [1.54, 1.807) is 36.4 Å². The van der Waals surface area contributed by atoms with Crippen LogP contribution in [0.2, 0.25) is 0 Å². The molecule has 2 unspecified atom stereocenters. The molecule has 2 atom stereocenters. The van der Waals surface area contributed by atoms with Gasteiger partial charge in [0.05, 0.1) is 0 Å². The highest BCUT2D eigenvalue weighted by Gasteiger charge is 2.39. The average molecular weight is 396 g/mol. The number of anilines is 1. The Morgan fingerprint density at radius 2 is 1.86 bits per heavy atom. The molecule has 2 aromatic carbocycles. The number of nitrogens with one attached hydrogen (secondary N) is 2. The van der Waals surface area contributed by atoms with Gasteiger partial charge in [-0.1, -0.05) is 25.1 Å². The number of rotatable bonds is 9. The summed E-state index contributed by atoms with van der Waals surface area (Å²) in [4.78, 5) is 34.9. The van der Waals surface area contributed by atoms with Gasteiger partial charge >= 0.3 is 5.97 Å². The summed E-state index contributed by atoms with van der Waals surface area (Å²) in [6.45, 7) is 2.11. The second kappa shape index (κ2) is 9.23. The Morgan fingerprint density at radius 1 is 1.14 bits per heavy atom. The van der Waals surface area contributed by atoms with Crippen molar-refractivity contribution in [3.8, 4) is 5.75 Å². The van der Waals surface area contributed by atoms with E-state index in [0.717, 1.165) is 12.0 Å². The number of amides is 2. The van der Waals surface area contributed by atoms with Gasteiger partial charge < -0.3 is 20.5 Å². The number of aliphatic carboxylic acids is 1. The predicted molar refractivity (Wildman–Crippen MR) is 108 cm³/mol. The molecule has 1 aliphatic rings. The van der Waals surface area contributed by atoms with Crippen LogP contribution < -0.4 is 15.4 Å². The third kappa shape index (κ3) is 6.07. The third-order valence-electron chi connectivity index (χ3n) is 4.82. The van der Waals surface area contributed by atoms with Gasteiger partial charge in [-0.15, -0.1) is 0 Å². The summed E-state index contributed by atoms with van der Waals surface area (Å²) in [5.74, 6) is -0.233. The van der Waals surface area contributed by atoms with Gasteiger partial charge in [0, 0.05) is 23.7 Å². The minimum Gasteiger partial charge on any atom is -0.482 e. The van der Waals surface area contributed by atoms with Crippen molar-refractivity contribution >= 4 is 23.5 Å². The van der Waals surface area contributed by atoms with E-state index in [9.17, 15) is 14.4 Å². The fourth-order valence-electron chi connectivity index (χ4n) is 2.98. The summed E-state index contributed by atoms with van der Waals surface area (Å²) in [7, 11) is 0. The molecule has 2 aromatic rings. The van der Waals surface area contributed by atoms with Crippen LogP contribution in [0.25, 0.3) is 0 Å². The topological polar surface area (TPSA) is 105 Å². The lowest BCUT2D eigenvalue weighted by molar-refractivity contribution is -0.139. The van der Waals surface area contributed by atoms with Crippen LogP contribution in [0.15, 0.2) is 48.5 Å². The van der Waals surface area contributed by atoms with Crippen LogP contribution in [0.4, 0.5) is 5.69 Å². The van der Waals surface area contributed by atoms with Gasteiger partial charge in [0.15, 0.2) is 6.61 Å². The lowest BCUT2D eigenvalue weighted by Crippen LogP contribution is -2.25. The van der Waals surface area contributed by atoms with Gasteiger partial charge in [0.2, 0.25) is 5.91 Å². The summed E-state index contributed by atoms with van der Waals surface area (Å²) in [5, 5.41) is 14.3. The van der Waals surface area contributed by atoms with Crippen molar-refractivity contribution < 1.29 is 24.2 Å². The van der Waals surface area contributed by atoms with Crippen LogP contribution in [0, 0.1) is 11.8 Å². The van der Waals surface area contributed by atoms with Gasteiger partial charge in [-0.2, -0.15) is 0 Å². The van der Waals surface area contributed by atoms with Crippen LogP contribution in [0.3, 0.4) is 0 Å². The predicted octanol–water partition coefficient (Wildman–Crippen LogP) is 2.72. The fraction of sp³-hybridized carbons (Fsp3) is 0.318. The molecule has 1 fully saturated rings. The smallest absolute Gasteiger partial charge is 0.341 e. The molecule has 7 nitrogen and oxygen atoms in total. The highest BCUT2D eigenvalue weighted by atomic mass is 16.5. The Kier molecular flexibility index (Phi) is 6.49. The van der Waals surface area contributed by atoms with E-state index in [0.29, 0.717) is 35.9 Å². The average Bonchev–Trinajstić information content (AvgIpc) is 3.44. The van der Waals surface area contributed by atoms with E-state index in [-0.39, 0.29) is 24.3 Å². The van der Waals surface area contributed by atoms with Crippen LogP contribution in [-0.4, -0.2) is 36.0 Å². The minimum atomic E-state index is -1.03. The van der Waals surface area contributed by atoms with E-state index in [1.807, 2.05) is 19.1 Å². The molecular formula is C22H24N2O5.